The molecule has 2 aromatic carbocycles. The maximum Gasteiger partial charge on any atom is 0.123 e. The van der Waals surface area contributed by atoms with Gasteiger partial charge in [-0.2, -0.15) is 0 Å². The number of hydrogen-bond donors (Lipinski definition) is 1. The van der Waals surface area contributed by atoms with Crippen molar-refractivity contribution in [2.75, 3.05) is 0 Å². The Kier molecular flexibility index (Phi) is 3.77. The van der Waals surface area contributed by atoms with Gasteiger partial charge in [0.1, 0.15) is 5.82 Å². The van der Waals surface area contributed by atoms with E-state index in [2.05, 4.69) is 5.32 Å². The van der Waals surface area contributed by atoms with Gasteiger partial charge in [-0.3, -0.25) is 0 Å². The van der Waals surface area contributed by atoms with Crippen LogP contribution in [0, 0.1) is 12.7 Å². The van der Waals surface area contributed by atoms with Crippen LogP contribution in [0.15, 0.2) is 36.4 Å². The van der Waals surface area contributed by atoms with Crippen molar-refractivity contribution in [1.29, 1.82) is 0 Å². The van der Waals surface area contributed by atoms with Crippen molar-refractivity contribution >= 4 is 11.6 Å². The summed E-state index contributed by atoms with van der Waals surface area (Å²) in [5, 5.41) is 4.19. The number of nitrogens with one attached hydrogen (secondary N) is 1. The Labute approximate surface area is 123 Å². The normalized spacial score (nSPS) is 14.6. The van der Waals surface area contributed by atoms with Crippen LogP contribution in [0.3, 0.4) is 0 Å². The van der Waals surface area contributed by atoms with Gasteiger partial charge in [-0.1, -0.05) is 29.8 Å². The Bertz CT molecular complexity index is 635. The molecule has 2 aromatic rings. The lowest BCUT2D eigenvalue weighted by Crippen LogP contribution is -2.15. The molecule has 0 spiro atoms. The van der Waals surface area contributed by atoms with E-state index in [4.69, 9.17) is 11.6 Å². The van der Waals surface area contributed by atoms with Gasteiger partial charge in [0.2, 0.25) is 0 Å². The first kappa shape index (κ1) is 13.6. The van der Waals surface area contributed by atoms with Crippen molar-refractivity contribution in [3.05, 3.63) is 58.4 Å². The molecule has 0 heterocycles. The highest BCUT2D eigenvalue weighted by Gasteiger charge is 2.20. The first-order valence-corrected chi connectivity index (χ1v) is 7.29. The van der Waals surface area contributed by atoms with Gasteiger partial charge in [0.15, 0.2) is 0 Å². The van der Waals surface area contributed by atoms with Crippen molar-refractivity contribution in [3.8, 4) is 11.1 Å². The zero-order valence-electron chi connectivity index (χ0n) is 11.4. The Morgan fingerprint density at radius 1 is 1.20 bits per heavy atom. The molecule has 3 heteroatoms. The summed E-state index contributed by atoms with van der Waals surface area (Å²) < 4.78 is 13.6. The Hall–Kier alpha value is -1.38. The second kappa shape index (κ2) is 5.55. The predicted octanol–water partition coefficient (Wildman–Crippen LogP) is 4.71. The number of rotatable bonds is 4. The fraction of sp³-hybridized carbons (Fsp3) is 0.294. The van der Waals surface area contributed by atoms with Crippen molar-refractivity contribution < 1.29 is 4.39 Å². The molecule has 0 radical (unpaired) electrons. The lowest BCUT2D eigenvalue weighted by Gasteiger charge is -2.12. The topological polar surface area (TPSA) is 12.0 Å². The first-order chi connectivity index (χ1) is 9.63. The fourth-order valence-corrected chi connectivity index (χ4v) is 2.45. The fourth-order valence-electron chi connectivity index (χ4n) is 2.27. The summed E-state index contributed by atoms with van der Waals surface area (Å²) in [5.74, 6) is -0.216. The van der Waals surface area contributed by atoms with Crippen LogP contribution in [-0.2, 0) is 6.54 Å². The van der Waals surface area contributed by atoms with E-state index < -0.39 is 0 Å². The van der Waals surface area contributed by atoms with Crippen LogP contribution in [0.25, 0.3) is 11.1 Å². The lowest BCUT2D eigenvalue weighted by atomic mass is 9.98. The molecule has 0 atom stereocenters. The average Bonchev–Trinajstić information content (AvgIpc) is 3.24. The van der Waals surface area contributed by atoms with Gasteiger partial charge in [0.25, 0.3) is 0 Å². The van der Waals surface area contributed by atoms with Gasteiger partial charge in [0, 0.05) is 17.6 Å². The van der Waals surface area contributed by atoms with Crippen LogP contribution >= 0.6 is 11.6 Å². The van der Waals surface area contributed by atoms with Crippen LogP contribution in [0.5, 0.6) is 0 Å². The highest BCUT2D eigenvalue weighted by molar-refractivity contribution is 6.31. The molecule has 0 unspecified atom stereocenters. The molecule has 1 nitrogen and oxygen atoms in total. The summed E-state index contributed by atoms with van der Waals surface area (Å²) in [4.78, 5) is 0. The zero-order chi connectivity index (χ0) is 14.1. The summed E-state index contributed by atoms with van der Waals surface area (Å²) in [5.41, 5.74) is 4.02. The molecule has 1 N–H and O–H groups in total. The maximum absolute atomic E-state index is 13.6. The molecule has 1 aliphatic carbocycles. The summed E-state index contributed by atoms with van der Waals surface area (Å²) in [6, 6.07) is 11.5. The molecule has 1 aliphatic rings. The third-order valence-corrected chi connectivity index (χ3v) is 4.12. The van der Waals surface area contributed by atoms with Gasteiger partial charge in [-0.15, -0.1) is 0 Å². The third-order valence-electron chi connectivity index (χ3n) is 3.71. The van der Waals surface area contributed by atoms with E-state index in [9.17, 15) is 4.39 Å². The zero-order valence-corrected chi connectivity index (χ0v) is 12.2. The minimum absolute atomic E-state index is 0.216. The first-order valence-electron chi connectivity index (χ1n) is 6.92. The quantitative estimate of drug-likeness (QED) is 0.860. The van der Waals surface area contributed by atoms with E-state index in [-0.39, 0.29) is 5.82 Å². The molecule has 0 amide bonds. The molecular weight excluding hydrogens is 273 g/mol. The average molecular weight is 290 g/mol. The van der Waals surface area contributed by atoms with Crippen molar-refractivity contribution in [2.24, 2.45) is 0 Å². The number of aryl methyl sites for hydroxylation is 1. The van der Waals surface area contributed by atoms with Gasteiger partial charge in [-0.05, 0) is 60.2 Å². The molecular formula is C17H17ClFN. The highest BCUT2D eigenvalue weighted by Crippen LogP contribution is 2.29. The van der Waals surface area contributed by atoms with E-state index in [1.807, 2.05) is 31.2 Å². The second-order valence-corrected chi connectivity index (χ2v) is 5.83. The third kappa shape index (κ3) is 3.02. The van der Waals surface area contributed by atoms with Crippen LogP contribution in [-0.4, -0.2) is 6.04 Å². The van der Waals surface area contributed by atoms with Crippen LogP contribution in [0.2, 0.25) is 5.02 Å². The van der Waals surface area contributed by atoms with E-state index in [0.717, 1.165) is 28.8 Å². The van der Waals surface area contributed by atoms with E-state index >= 15 is 0 Å². The smallest absolute Gasteiger partial charge is 0.123 e. The van der Waals surface area contributed by atoms with Crippen molar-refractivity contribution in [3.63, 3.8) is 0 Å². The molecule has 0 saturated heterocycles. The molecule has 20 heavy (non-hydrogen) atoms. The van der Waals surface area contributed by atoms with Gasteiger partial charge in [0.05, 0.1) is 0 Å². The van der Waals surface area contributed by atoms with Crippen LogP contribution < -0.4 is 5.32 Å². The molecule has 3 rings (SSSR count). The second-order valence-electron chi connectivity index (χ2n) is 5.42. The van der Waals surface area contributed by atoms with E-state index in [1.165, 1.54) is 18.9 Å². The van der Waals surface area contributed by atoms with E-state index in [0.29, 0.717) is 11.1 Å². The summed E-state index contributed by atoms with van der Waals surface area (Å²) in [6.07, 6.45) is 2.49. The number of benzene rings is 2. The Morgan fingerprint density at radius 3 is 2.70 bits per heavy atom. The molecule has 0 aliphatic heterocycles. The van der Waals surface area contributed by atoms with Crippen molar-refractivity contribution in [1.82, 2.24) is 5.32 Å². The number of hydrogen-bond acceptors (Lipinski definition) is 1. The van der Waals surface area contributed by atoms with Gasteiger partial charge >= 0.3 is 0 Å². The highest BCUT2D eigenvalue weighted by atomic mass is 35.5. The van der Waals surface area contributed by atoms with Gasteiger partial charge in [-0.25, -0.2) is 4.39 Å². The molecule has 104 valence electrons. The van der Waals surface area contributed by atoms with Crippen LogP contribution in [0.4, 0.5) is 4.39 Å². The molecule has 0 aromatic heterocycles. The largest absolute Gasteiger partial charge is 0.310 e. The minimum atomic E-state index is -0.216. The number of halogens is 2. The molecule has 1 saturated carbocycles. The summed E-state index contributed by atoms with van der Waals surface area (Å²) in [7, 11) is 0. The van der Waals surface area contributed by atoms with Crippen LogP contribution in [0.1, 0.15) is 24.0 Å². The standard InChI is InChI=1S/C17H17ClFN/c1-11-2-3-12(8-17(11)18)16-9-14(19)5-4-13(16)10-20-15-6-7-15/h2-5,8-9,15,20H,6-7,10H2,1H3. The predicted molar refractivity (Wildman–Crippen MR) is 81.4 cm³/mol. The van der Waals surface area contributed by atoms with Crippen molar-refractivity contribution in [2.45, 2.75) is 32.4 Å². The lowest BCUT2D eigenvalue weighted by molar-refractivity contribution is 0.625. The van der Waals surface area contributed by atoms with Gasteiger partial charge < -0.3 is 5.32 Å². The SMILES string of the molecule is Cc1ccc(-c2cc(F)ccc2CNC2CC2)cc1Cl. The molecule has 1 fully saturated rings. The monoisotopic (exact) mass is 289 g/mol. The minimum Gasteiger partial charge on any atom is -0.310 e. The summed E-state index contributed by atoms with van der Waals surface area (Å²) >= 11 is 6.18. The summed E-state index contributed by atoms with van der Waals surface area (Å²) in [6.45, 7) is 2.74. The maximum atomic E-state index is 13.6. The Morgan fingerprint density at radius 2 is 2.00 bits per heavy atom. The van der Waals surface area contributed by atoms with E-state index in [1.54, 1.807) is 6.07 Å². The Balaban J connectivity index is 1.96. The molecule has 0 bridgehead atoms.